The third kappa shape index (κ3) is 2.39. The molecule has 0 aliphatic carbocycles. The summed E-state index contributed by atoms with van der Waals surface area (Å²) in [5.41, 5.74) is 2.59. The molecule has 3 nitrogen and oxygen atoms in total. The summed E-state index contributed by atoms with van der Waals surface area (Å²) in [5.74, 6) is 2.27. The summed E-state index contributed by atoms with van der Waals surface area (Å²) >= 11 is 0. The van der Waals surface area contributed by atoms with Gasteiger partial charge in [0.1, 0.15) is 0 Å². The zero-order valence-corrected chi connectivity index (χ0v) is 10.9. The van der Waals surface area contributed by atoms with Gasteiger partial charge in [0.15, 0.2) is 11.5 Å². The molecule has 1 fully saturated rings. The van der Waals surface area contributed by atoms with E-state index in [0.29, 0.717) is 5.92 Å². The third-order valence-corrected chi connectivity index (χ3v) is 3.51. The number of hydrogen-bond donors (Lipinski definition) is 1. The van der Waals surface area contributed by atoms with E-state index in [1.54, 1.807) is 14.2 Å². The molecule has 1 aromatic rings. The SMILES string of the molecule is COc1ccc(C)c(C2CCCNC2)c1OC. The summed E-state index contributed by atoms with van der Waals surface area (Å²) in [6.07, 6.45) is 2.45. The zero-order valence-electron chi connectivity index (χ0n) is 10.9. The Bertz CT molecular complexity index is 384. The van der Waals surface area contributed by atoms with Gasteiger partial charge in [-0.1, -0.05) is 6.07 Å². The van der Waals surface area contributed by atoms with Gasteiger partial charge in [0.25, 0.3) is 0 Å². The monoisotopic (exact) mass is 235 g/mol. The van der Waals surface area contributed by atoms with Crippen LogP contribution in [-0.2, 0) is 0 Å². The van der Waals surface area contributed by atoms with E-state index >= 15 is 0 Å². The lowest BCUT2D eigenvalue weighted by Crippen LogP contribution is -2.29. The molecule has 17 heavy (non-hydrogen) atoms. The van der Waals surface area contributed by atoms with Gasteiger partial charge < -0.3 is 14.8 Å². The van der Waals surface area contributed by atoms with Crippen molar-refractivity contribution in [2.75, 3.05) is 27.3 Å². The molecular formula is C14H21NO2. The number of benzene rings is 1. The first-order chi connectivity index (χ1) is 8.27. The van der Waals surface area contributed by atoms with Crippen LogP contribution in [0.15, 0.2) is 12.1 Å². The van der Waals surface area contributed by atoms with Gasteiger partial charge in [-0.05, 0) is 37.9 Å². The topological polar surface area (TPSA) is 30.5 Å². The van der Waals surface area contributed by atoms with Gasteiger partial charge in [-0.3, -0.25) is 0 Å². The van der Waals surface area contributed by atoms with E-state index in [0.717, 1.165) is 24.6 Å². The molecule has 2 rings (SSSR count). The van der Waals surface area contributed by atoms with E-state index in [-0.39, 0.29) is 0 Å². The maximum Gasteiger partial charge on any atom is 0.164 e. The molecule has 1 aliphatic rings. The molecule has 1 aliphatic heterocycles. The summed E-state index contributed by atoms with van der Waals surface area (Å²) in [6.45, 7) is 4.30. The number of aryl methyl sites for hydroxylation is 1. The van der Waals surface area contributed by atoms with Gasteiger partial charge in [-0.2, -0.15) is 0 Å². The minimum atomic E-state index is 0.536. The predicted molar refractivity (Wildman–Crippen MR) is 69.1 cm³/mol. The van der Waals surface area contributed by atoms with E-state index in [1.165, 1.54) is 24.0 Å². The molecule has 0 radical (unpaired) electrons. The molecule has 94 valence electrons. The van der Waals surface area contributed by atoms with Crippen LogP contribution in [0.5, 0.6) is 11.5 Å². The first-order valence-corrected chi connectivity index (χ1v) is 6.20. The highest BCUT2D eigenvalue weighted by Crippen LogP contribution is 2.39. The smallest absolute Gasteiger partial charge is 0.164 e. The molecule has 0 amide bonds. The third-order valence-electron chi connectivity index (χ3n) is 3.51. The van der Waals surface area contributed by atoms with Crippen molar-refractivity contribution in [2.45, 2.75) is 25.7 Å². The van der Waals surface area contributed by atoms with Crippen molar-refractivity contribution in [3.8, 4) is 11.5 Å². The van der Waals surface area contributed by atoms with Crippen LogP contribution in [0, 0.1) is 6.92 Å². The highest BCUT2D eigenvalue weighted by Gasteiger charge is 2.23. The Balaban J connectivity index is 2.41. The molecule has 0 spiro atoms. The average molecular weight is 235 g/mol. The lowest BCUT2D eigenvalue weighted by atomic mass is 9.88. The fourth-order valence-corrected chi connectivity index (χ4v) is 2.65. The largest absolute Gasteiger partial charge is 0.493 e. The molecule has 1 heterocycles. The summed E-state index contributed by atoms with van der Waals surface area (Å²) in [7, 11) is 3.41. The molecule has 1 N–H and O–H groups in total. The standard InChI is InChI=1S/C14H21NO2/c1-10-6-7-12(16-2)14(17-3)13(10)11-5-4-8-15-9-11/h6-7,11,15H,4-5,8-9H2,1-3H3. The van der Waals surface area contributed by atoms with E-state index in [4.69, 9.17) is 9.47 Å². The fourth-order valence-electron chi connectivity index (χ4n) is 2.65. The molecule has 1 unspecified atom stereocenters. The van der Waals surface area contributed by atoms with E-state index in [9.17, 15) is 0 Å². The van der Waals surface area contributed by atoms with Gasteiger partial charge in [-0.25, -0.2) is 0 Å². The summed E-state index contributed by atoms with van der Waals surface area (Å²) < 4.78 is 10.9. The van der Waals surface area contributed by atoms with Crippen molar-refractivity contribution < 1.29 is 9.47 Å². The Morgan fingerprint density at radius 2 is 2.06 bits per heavy atom. The second-order valence-corrected chi connectivity index (χ2v) is 4.57. The van der Waals surface area contributed by atoms with Crippen LogP contribution in [0.4, 0.5) is 0 Å². The number of methoxy groups -OCH3 is 2. The second kappa shape index (κ2) is 5.41. The Morgan fingerprint density at radius 1 is 1.24 bits per heavy atom. The van der Waals surface area contributed by atoms with Crippen molar-refractivity contribution in [2.24, 2.45) is 0 Å². The molecule has 1 aromatic carbocycles. The molecule has 0 bridgehead atoms. The number of ether oxygens (including phenoxy) is 2. The Labute approximate surface area is 103 Å². The average Bonchev–Trinajstić information content (AvgIpc) is 2.39. The summed E-state index contributed by atoms with van der Waals surface area (Å²) in [5, 5.41) is 3.45. The van der Waals surface area contributed by atoms with Gasteiger partial charge in [0, 0.05) is 18.0 Å². The lowest BCUT2D eigenvalue weighted by Gasteiger charge is -2.27. The van der Waals surface area contributed by atoms with Crippen molar-refractivity contribution in [1.29, 1.82) is 0 Å². The second-order valence-electron chi connectivity index (χ2n) is 4.57. The van der Waals surface area contributed by atoms with Crippen LogP contribution >= 0.6 is 0 Å². The molecule has 1 atom stereocenters. The molecular weight excluding hydrogens is 214 g/mol. The Kier molecular flexibility index (Phi) is 3.89. The highest BCUT2D eigenvalue weighted by molar-refractivity contribution is 5.52. The van der Waals surface area contributed by atoms with Crippen LogP contribution in [0.3, 0.4) is 0 Å². The van der Waals surface area contributed by atoms with Crippen LogP contribution < -0.4 is 14.8 Å². The van der Waals surface area contributed by atoms with Crippen molar-refractivity contribution in [3.05, 3.63) is 23.3 Å². The minimum absolute atomic E-state index is 0.536. The molecule has 3 heteroatoms. The maximum absolute atomic E-state index is 5.55. The summed E-state index contributed by atoms with van der Waals surface area (Å²) in [6, 6.07) is 4.10. The predicted octanol–water partition coefficient (Wildman–Crippen LogP) is 2.48. The molecule has 0 aromatic heterocycles. The van der Waals surface area contributed by atoms with Gasteiger partial charge in [0.2, 0.25) is 0 Å². The maximum atomic E-state index is 5.55. The fraction of sp³-hybridized carbons (Fsp3) is 0.571. The molecule has 1 saturated heterocycles. The number of rotatable bonds is 3. The zero-order chi connectivity index (χ0) is 12.3. The highest BCUT2D eigenvalue weighted by atomic mass is 16.5. The first kappa shape index (κ1) is 12.2. The number of hydrogen-bond acceptors (Lipinski definition) is 3. The summed E-state index contributed by atoms with van der Waals surface area (Å²) in [4.78, 5) is 0. The minimum Gasteiger partial charge on any atom is -0.493 e. The van der Waals surface area contributed by atoms with Crippen molar-refractivity contribution in [3.63, 3.8) is 0 Å². The van der Waals surface area contributed by atoms with Crippen molar-refractivity contribution in [1.82, 2.24) is 5.32 Å². The lowest BCUT2D eigenvalue weighted by molar-refractivity contribution is 0.344. The normalized spacial score (nSPS) is 20.1. The van der Waals surface area contributed by atoms with Crippen LogP contribution in [0.2, 0.25) is 0 Å². The number of piperidine rings is 1. The van der Waals surface area contributed by atoms with Crippen molar-refractivity contribution >= 4 is 0 Å². The van der Waals surface area contributed by atoms with Gasteiger partial charge in [-0.15, -0.1) is 0 Å². The van der Waals surface area contributed by atoms with Crippen LogP contribution in [0.25, 0.3) is 0 Å². The van der Waals surface area contributed by atoms with E-state index < -0.39 is 0 Å². The van der Waals surface area contributed by atoms with Crippen LogP contribution in [0.1, 0.15) is 29.9 Å². The number of nitrogens with one attached hydrogen (secondary N) is 1. The molecule has 0 saturated carbocycles. The first-order valence-electron chi connectivity index (χ1n) is 6.20. The quantitative estimate of drug-likeness (QED) is 0.873. The van der Waals surface area contributed by atoms with E-state index in [1.807, 2.05) is 6.07 Å². The van der Waals surface area contributed by atoms with Crippen LogP contribution in [-0.4, -0.2) is 27.3 Å². The Hall–Kier alpha value is -1.22. The van der Waals surface area contributed by atoms with E-state index in [2.05, 4.69) is 18.3 Å². The Morgan fingerprint density at radius 3 is 2.65 bits per heavy atom. The van der Waals surface area contributed by atoms with Gasteiger partial charge >= 0.3 is 0 Å². The van der Waals surface area contributed by atoms with Gasteiger partial charge in [0.05, 0.1) is 14.2 Å².